The number of thiophene rings is 1. The lowest BCUT2D eigenvalue weighted by atomic mass is 10.4. The molecule has 2 aromatic rings. The predicted octanol–water partition coefficient (Wildman–Crippen LogP) is 4.64. The molecular weight excluding hydrogens is 260 g/mol. The first kappa shape index (κ1) is 12.0. The molecule has 1 aromatic carbocycles. The van der Waals surface area contributed by atoms with Gasteiger partial charge in [-0.05, 0) is 30.5 Å². The van der Waals surface area contributed by atoms with Crippen molar-refractivity contribution in [2.75, 3.05) is 6.26 Å². The maximum absolute atomic E-state index is 10.2. The van der Waals surface area contributed by atoms with Gasteiger partial charge in [0.05, 0.1) is 9.10 Å². The predicted molar refractivity (Wildman–Crippen MR) is 71.9 cm³/mol. The quantitative estimate of drug-likeness (QED) is 0.800. The summed E-state index contributed by atoms with van der Waals surface area (Å²) in [5, 5.41) is 0. The summed E-state index contributed by atoms with van der Waals surface area (Å²) < 4.78 is 22.1. The van der Waals surface area contributed by atoms with E-state index in [9.17, 15) is 9.11 Å². The molecule has 0 unspecified atom stereocenters. The zero-order chi connectivity index (χ0) is 11.6. The van der Waals surface area contributed by atoms with Crippen LogP contribution in [0.1, 0.15) is 0 Å². The highest BCUT2D eigenvalue weighted by Crippen LogP contribution is 2.58. The number of thioether (sulfide) groups is 1. The lowest BCUT2D eigenvalue weighted by molar-refractivity contribution is 0.489. The molecule has 5 heteroatoms. The van der Waals surface area contributed by atoms with E-state index in [1.807, 2.05) is 30.5 Å². The van der Waals surface area contributed by atoms with Crippen LogP contribution in [0.15, 0.2) is 55.8 Å². The van der Waals surface area contributed by atoms with E-state index in [1.165, 1.54) is 11.3 Å². The van der Waals surface area contributed by atoms with E-state index in [0.29, 0.717) is 9.10 Å². The molecule has 0 radical (unpaired) electrons. The first-order valence-electron chi connectivity index (χ1n) is 4.62. The monoisotopic (exact) mass is 272 g/mol. The molecule has 2 nitrogen and oxygen atoms in total. The second-order valence-corrected chi connectivity index (χ2v) is 7.60. The molecule has 0 aliphatic rings. The lowest BCUT2D eigenvalue weighted by Crippen LogP contribution is -1.96. The molecule has 0 amide bonds. The Labute approximate surface area is 105 Å². The summed E-state index contributed by atoms with van der Waals surface area (Å²) in [5.41, 5.74) is 0. The molecule has 16 heavy (non-hydrogen) atoms. The van der Waals surface area contributed by atoms with Crippen LogP contribution in [0.5, 0.6) is 0 Å². The van der Waals surface area contributed by atoms with Gasteiger partial charge in [0.2, 0.25) is 0 Å². The third kappa shape index (κ3) is 2.28. The summed E-state index contributed by atoms with van der Waals surface area (Å²) in [5.74, 6) is 0. The minimum Gasteiger partial charge on any atom is -0.290 e. The first-order chi connectivity index (χ1) is 7.64. The largest absolute Gasteiger partial charge is 0.290 e. The minimum absolute atomic E-state index is 0.574. The molecule has 0 bridgehead atoms. The van der Waals surface area contributed by atoms with Gasteiger partial charge >= 0.3 is 0 Å². The zero-order valence-corrected chi connectivity index (χ0v) is 11.1. The van der Waals surface area contributed by atoms with Crippen LogP contribution in [-0.2, 0) is 0 Å². The molecule has 0 spiro atoms. The Bertz CT molecular complexity index is 465. The third-order valence-corrected chi connectivity index (χ3v) is 6.65. The number of hydrogen-bond acceptors (Lipinski definition) is 4. The Morgan fingerprint density at radius 2 is 1.75 bits per heavy atom. The van der Waals surface area contributed by atoms with Gasteiger partial charge in [-0.3, -0.25) is 9.11 Å². The summed E-state index contributed by atoms with van der Waals surface area (Å²) in [6.07, 6.45) is 1.98. The van der Waals surface area contributed by atoms with Crippen molar-refractivity contribution in [3.05, 3.63) is 42.5 Å². The maximum Gasteiger partial charge on any atom is 0.117 e. The van der Waals surface area contributed by atoms with Gasteiger partial charge in [-0.25, -0.2) is 0 Å². The molecule has 2 N–H and O–H groups in total. The van der Waals surface area contributed by atoms with Crippen LogP contribution < -0.4 is 0 Å². The SMILES string of the molecule is CSc1ccc(S(O)(O)c2ccccc2)s1. The van der Waals surface area contributed by atoms with E-state index in [0.717, 1.165) is 4.21 Å². The standard InChI is InChI=1S/C11H12O2S3/c1-14-10-7-8-11(15-10)16(12,13)9-5-3-2-4-6-9/h2-8,12-13H,1H3. The zero-order valence-electron chi connectivity index (χ0n) is 8.66. The van der Waals surface area contributed by atoms with Crippen molar-refractivity contribution >= 4 is 33.7 Å². The Morgan fingerprint density at radius 1 is 1.06 bits per heavy atom. The average Bonchev–Trinajstić information content (AvgIpc) is 2.79. The van der Waals surface area contributed by atoms with E-state index >= 15 is 0 Å². The Morgan fingerprint density at radius 3 is 2.31 bits per heavy atom. The van der Waals surface area contributed by atoms with E-state index in [-0.39, 0.29) is 0 Å². The molecular formula is C11H12O2S3. The van der Waals surface area contributed by atoms with Gasteiger partial charge in [-0.15, -0.1) is 33.7 Å². The van der Waals surface area contributed by atoms with Crippen LogP contribution in [0.25, 0.3) is 0 Å². The Hall–Kier alpha value is -0.460. The van der Waals surface area contributed by atoms with Crippen molar-refractivity contribution in [1.29, 1.82) is 0 Å². The van der Waals surface area contributed by atoms with Crippen molar-refractivity contribution in [3.8, 4) is 0 Å². The van der Waals surface area contributed by atoms with Crippen molar-refractivity contribution < 1.29 is 9.11 Å². The summed E-state index contributed by atoms with van der Waals surface area (Å²) in [4.78, 5) is 0.574. The fraction of sp³-hybridized carbons (Fsp3) is 0.0909. The van der Waals surface area contributed by atoms with Crippen LogP contribution in [0, 0.1) is 0 Å². The van der Waals surface area contributed by atoms with E-state index in [4.69, 9.17) is 0 Å². The maximum atomic E-state index is 10.2. The van der Waals surface area contributed by atoms with Gasteiger partial charge in [0.1, 0.15) is 4.21 Å². The van der Waals surface area contributed by atoms with Gasteiger partial charge in [0, 0.05) is 0 Å². The van der Waals surface area contributed by atoms with Crippen LogP contribution >= 0.6 is 33.7 Å². The average molecular weight is 272 g/mol. The number of benzene rings is 1. The second-order valence-electron chi connectivity index (χ2n) is 3.14. The van der Waals surface area contributed by atoms with Gasteiger partial charge in [0.15, 0.2) is 0 Å². The Kier molecular flexibility index (Phi) is 3.61. The fourth-order valence-electron chi connectivity index (χ4n) is 1.29. The van der Waals surface area contributed by atoms with Crippen molar-refractivity contribution in [2.24, 2.45) is 0 Å². The van der Waals surface area contributed by atoms with Crippen molar-refractivity contribution in [2.45, 2.75) is 13.3 Å². The molecule has 86 valence electrons. The molecule has 0 fully saturated rings. The van der Waals surface area contributed by atoms with Crippen LogP contribution in [0.2, 0.25) is 0 Å². The fourth-order valence-corrected chi connectivity index (χ4v) is 4.78. The summed E-state index contributed by atoms with van der Waals surface area (Å²) >= 11 is 3.05. The normalized spacial score (nSPS) is 12.7. The first-order valence-corrected chi connectivity index (χ1v) is 8.20. The second kappa shape index (κ2) is 4.81. The number of hydrogen-bond donors (Lipinski definition) is 2. The van der Waals surface area contributed by atoms with Gasteiger partial charge in [0.25, 0.3) is 0 Å². The number of rotatable bonds is 3. The third-order valence-electron chi connectivity index (χ3n) is 2.11. The summed E-state index contributed by atoms with van der Waals surface area (Å²) in [6, 6.07) is 12.7. The van der Waals surface area contributed by atoms with Crippen LogP contribution in [-0.4, -0.2) is 15.4 Å². The summed E-state index contributed by atoms with van der Waals surface area (Å²) in [7, 11) is -2.82. The van der Waals surface area contributed by atoms with Crippen LogP contribution in [0.4, 0.5) is 0 Å². The van der Waals surface area contributed by atoms with Crippen LogP contribution in [0.3, 0.4) is 0 Å². The summed E-state index contributed by atoms with van der Waals surface area (Å²) in [6.45, 7) is 0. The molecule has 0 aliphatic carbocycles. The molecule has 0 saturated heterocycles. The molecule has 2 rings (SSSR count). The molecule has 0 atom stereocenters. The topological polar surface area (TPSA) is 40.5 Å². The van der Waals surface area contributed by atoms with Gasteiger partial charge < -0.3 is 0 Å². The molecule has 0 saturated carbocycles. The van der Waals surface area contributed by atoms with Gasteiger partial charge in [-0.1, -0.05) is 18.2 Å². The van der Waals surface area contributed by atoms with E-state index < -0.39 is 10.6 Å². The molecule has 0 aliphatic heterocycles. The lowest BCUT2D eigenvalue weighted by Gasteiger charge is -2.30. The molecule has 1 aromatic heterocycles. The van der Waals surface area contributed by atoms with Crippen molar-refractivity contribution in [3.63, 3.8) is 0 Å². The minimum atomic E-state index is -2.82. The Balaban J connectivity index is 2.38. The van der Waals surface area contributed by atoms with Crippen molar-refractivity contribution in [1.82, 2.24) is 0 Å². The van der Waals surface area contributed by atoms with E-state index in [2.05, 4.69) is 0 Å². The molecule has 1 heterocycles. The highest BCUT2D eigenvalue weighted by atomic mass is 32.3. The van der Waals surface area contributed by atoms with E-state index in [1.54, 1.807) is 30.0 Å². The smallest absolute Gasteiger partial charge is 0.117 e. The highest BCUT2D eigenvalue weighted by Gasteiger charge is 2.20. The highest BCUT2D eigenvalue weighted by molar-refractivity contribution is 8.25. The van der Waals surface area contributed by atoms with Gasteiger partial charge in [-0.2, -0.15) is 0 Å².